The number of anilines is 2. The normalized spacial score (nSPS) is 13.7. The van der Waals surface area contributed by atoms with E-state index in [0.29, 0.717) is 37.5 Å². The molecular formula is C32H33N7O2. The lowest BCUT2D eigenvalue weighted by Crippen LogP contribution is -2.38. The van der Waals surface area contributed by atoms with E-state index in [1.165, 1.54) is 0 Å². The number of carbonyl (C=O) groups is 1. The highest BCUT2D eigenvalue weighted by Gasteiger charge is 2.25. The van der Waals surface area contributed by atoms with Crippen LogP contribution in [0.2, 0.25) is 0 Å². The average Bonchev–Trinajstić information content (AvgIpc) is 3.16. The van der Waals surface area contributed by atoms with Crippen LogP contribution >= 0.6 is 0 Å². The van der Waals surface area contributed by atoms with Crippen LogP contribution in [0.1, 0.15) is 23.5 Å². The van der Waals surface area contributed by atoms with Gasteiger partial charge in [0.05, 0.1) is 23.9 Å². The van der Waals surface area contributed by atoms with Crippen LogP contribution in [0.4, 0.5) is 16.3 Å². The molecule has 3 heterocycles. The van der Waals surface area contributed by atoms with Gasteiger partial charge in [0.15, 0.2) is 5.65 Å². The lowest BCUT2D eigenvalue weighted by molar-refractivity contribution is 0.215. The minimum absolute atomic E-state index is 0.120. The second kappa shape index (κ2) is 11.7. The first-order valence-corrected chi connectivity index (χ1v) is 13.9. The van der Waals surface area contributed by atoms with Gasteiger partial charge in [-0.25, -0.2) is 19.4 Å². The first kappa shape index (κ1) is 26.3. The number of nitrogens with one attached hydrogen (secondary N) is 1. The van der Waals surface area contributed by atoms with Crippen molar-refractivity contribution in [2.45, 2.75) is 19.8 Å². The summed E-state index contributed by atoms with van der Waals surface area (Å²) in [4.78, 5) is 27.5. The Kier molecular flexibility index (Phi) is 7.49. The van der Waals surface area contributed by atoms with Gasteiger partial charge in [-0.05, 0) is 43.2 Å². The molecule has 0 atom stereocenters. The molecular weight excluding hydrogens is 514 g/mol. The molecule has 1 aliphatic heterocycles. The number of carbonyl (C=O) groups excluding carboxylic acids is 1. The maximum absolute atomic E-state index is 13.2. The minimum atomic E-state index is -0.120. The summed E-state index contributed by atoms with van der Waals surface area (Å²) in [6.45, 7) is 4.66. The van der Waals surface area contributed by atoms with Crippen LogP contribution in [0, 0.1) is 6.92 Å². The van der Waals surface area contributed by atoms with Crippen LogP contribution in [0.25, 0.3) is 16.7 Å². The number of fused-ring (bicyclic) bond motifs is 1. The molecule has 2 amide bonds. The lowest BCUT2D eigenvalue weighted by Gasteiger charge is -2.24. The molecule has 1 fully saturated rings. The van der Waals surface area contributed by atoms with E-state index in [-0.39, 0.29) is 6.03 Å². The zero-order valence-electron chi connectivity index (χ0n) is 23.3. The number of amides is 2. The molecule has 41 heavy (non-hydrogen) atoms. The quantitative estimate of drug-likeness (QED) is 0.303. The number of urea groups is 1. The van der Waals surface area contributed by atoms with Gasteiger partial charge < -0.3 is 19.9 Å². The molecule has 208 valence electrons. The number of hydrogen-bond acceptors (Lipinski definition) is 6. The van der Waals surface area contributed by atoms with E-state index in [4.69, 9.17) is 19.8 Å². The van der Waals surface area contributed by atoms with Gasteiger partial charge >= 0.3 is 6.03 Å². The highest BCUT2D eigenvalue weighted by Crippen LogP contribution is 2.30. The Morgan fingerprint density at radius 1 is 0.902 bits per heavy atom. The predicted octanol–water partition coefficient (Wildman–Crippen LogP) is 5.47. The molecule has 9 nitrogen and oxygen atoms in total. The number of benzene rings is 3. The molecule has 9 heteroatoms. The topological polar surface area (TPSA) is 88.4 Å². The Morgan fingerprint density at radius 3 is 2.46 bits per heavy atom. The first-order valence-electron chi connectivity index (χ1n) is 13.9. The maximum atomic E-state index is 13.2. The fourth-order valence-corrected chi connectivity index (χ4v) is 5.28. The Hall–Kier alpha value is -4.92. The summed E-state index contributed by atoms with van der Waals surface area (Å²) in [5, 5.41) is 8.85. The Bertz CT molecular complexity index is 1650. The number of ether oxygens (including phenoxy) is 1. The van der Waals surface area contributed by atoms with Crippen molar-refractivity contribution in [2.24, 2.45) is 0 Å². The molecule has 0 saturated carbocycles. The molecule has 0 bridgehead atoms. The maximum Gasteiger partial charge on any atom is 0.321 e. The molecule has 0 radical (unpaired) electrons. The van der Waals surface area contributed by atoms with Crippen molar-refractivity contribution in [3.63, 3.8) is 0 Å². The van der Waals surface area contributed by atoms with Crippen molar-refractivity contribution in [1.82, 2.24) is 24.6 Å². The Balaban J connectivity index is 1.31. The number of rotatable bonds is 6. The Morgan fingerprint density at radius 2 is 1.68 bits per heavy atom. The second-order valence-corrected chi connectivity index (χ2v) is 10.1. The SMILES string of the molecule is COc1cccc(NC(=O)N2CCCN(c3nc(Cc4ccccc4)nc4c3c(C)nn4-c3ccccc3)CC2)c1. The summed E-state index contributed by atoms with van der Waals surface area (Å²) >= 11 is 0. The van der Waals surface area contributed by atoms with E-state index in [0.717, 1.165) is 52.6 Å². The van der Waals surface area contributed by atoms with Crippen molar-refractivity contribution < 1.29 is 9.53 Å². The summed E-state index contributed by atoms with van der Waals surface area (Å²) in [5.41, 5.74) is 4.49. The number of aromatic nitrogens is 4. The third-order valence-electron chi connectivity index (χ3n) is 7.34. The van der Waals surface area contributed by atoms with E-state index < -0.39 is 0 Å². The third-order valence-corrected chi connectivity index (χ3v) is 7.34. The van der Waals surface area contributed by atoms with Crippen LogP contribution in [0.5, 0.6) is 5.75 Å². The Labute approximate surface area is 239 Å². The van der Waals surface area contributed by atoms with Crippen LogP contribution in [0.15, 0.2) is 84.9 Å². The number of aryl methyl sites for hydroxylation is 1. The van der Waals surface area contributed by atoms with Crippen molar-refractivity contribution in [3.8, 4) is 11.4 Å². The van der Waals surface area contributed by atoms with E-state index in [9.17, 15) is 4.79 Å². The highest BCUT2D eigenvalue weighted by atomic mass is 16.5. The molecule has 2 aromatic heterocycles. The number of para-hydroxylation sites is 1. The minimum Gasteiger partial charge on any atom is -0.497 e. The van der Waals surface area contributed by atoms with Crippen molar-refractivity contribution in [1.29, 1.82) is 0 Å². The van der Waals surface area contributed by atoms with Crippen molar-refractivity contribution in [3.05, 3.63) is 102 Å². The predicted molar refractivity (Wildman–Crippen MR) is 161 cm³/mol. The van der Waals surface area contributed by atoms with Crippen molar-refractivity contribution in [2.75, 3.05) is 43.5 Å². The summed E-state index contributed by atoms with van der Waals surface area (Å²) in [7, 11) is 1.62. The van der Waals surface area contributed by atoms with Gasteiger partial charge in [-0.1, -0.05) is 54.6 Å². The van der Waals surface area contributed by atoms with Gasteiger partial charge in [-0.15, -0.1) is 0 Å². The van der Waals surface area contributed by atoms with Crippen LogP contribution in [-0.4, -0.2) is 64.0 Å². The smallest absolute Gasteiger partial charge is 0.321 e. The summed E-state index contributed by atoms with van der Waals surface area (Å²) < 4.78 is 7.21. The van der Waals surface area contributed by atoms with Gasteiger partial charge in [-0.2, -0.15) is 5.10 Å². The average molecular weight is 548 g/mol. The van der Waals surface area contributed by atoms with Gasteiger partial charge in [-0.3, -0.25) is 0 Å². The van der Waals surface area contributed by atoms with E-state index >= 15 is 0 Å². The third kappa shape index (κ3) is 5.70. The molecule has 0 aliphatic carbocycles. The van der Waals surface area contributed by atoms with Crippen LogP contribution in [-0.2, 0) is 6.42 Å². The highest BCUT2D eigenvalue weighted by molar-refractivity contribution is 5.91. The molecule has 0 spiro atoms. The second-order valence-electron chi connectivity index (χ2n) is 10.1. The van der Waals surface area contributed by atoms with Gasteiger partial charge in [0.25, 0.3) is 0 Å². The molecule has 1 saturated heterocycles. The molecule has 1 aliphatic rings. The molecule has 5 aromatic rings. The fraction of sp³-hybridized carbons (Fsp3) is 0.250. The molecule has 1 N–H and O–H groups in total. The van der Waals surface area contributed by atoms with Gasteiger partial charge in [0.2, 0.25) is 0 Å². The number of methoxy groups -OCH3 is 1. The van der Waals surface area contributed by atoms with Crippen LogP contribution in [0.3, 0.4) is 0 Å². The summed E-state index contributed by atoms with van der Waals surface area (Å²) in [6.07, 6.45) is 1.43. The largest absolute Gasteiger partial charge is 0.497 e. The van der Waals surface area contributed by atoms with E-state index in [1.807, 2.05) is 89.3 Å². The zero-order valence-corrected chi connectivity index (χ0v) is 23.3. The lowest BCUT2D eigenvalue weighted by atomic mass is 10.1. The summed E-state index contributed by atoms with van der Waals surface area (Å²) in [6, 6.07) is 27.6. The fourth-order valence-electron chi connectivity index (χ4n) is 5.28. The van der Waals surface area contributed by atoms with E-state index in [2.05, 4.69) is 22.3 Å². The number of nitrogens with zero attached hydrogens (tertiary/aromatic N) is 6. The zero-order chi connectivity index (χ0) is 28.2. The monoisotopic (exact) mass is 547 g/mol. The van der Waals surface area contributed by atoms with Gasteiger partial charge in [0.1, 0.15) is 17.4 Å². The van der Waals surface area contributed by atoms with Crippen LogP contribution < -0.4 is 15.0 Å². The number of hydrogen-bond donors (Lipinski definition) is 1. The summed E-state index contributed by atoms with van der Waals surface area (Å²) in [5.74, 6) is 2.32. The van der Waals surface area contributed by atoms with Crippen molar-refractivity contribution >= 4 is 28.6 Å². The first-order chi connectivity index (χ1) is 20.1. The molecule has 0 unspecified atom stereocenters. The standard InChI is InChI=1S/C32H33N7O2/c1-23-29-30(37-17-10-18-38(20-19-37)32(40)33-25-13-9-16-27(22-25)41-2)34-28(21-24-11-5-3-6-12-24)35-31(29)39(36-23)26-14-7-4-8-15-26/h3-9,11-16,22H,10,17-21H2,1-2H3,(H,33,40). The van der Waals surface area contributed by atoms with Gasteiger partial charge in [0, 0.05) is 44.4 Å². The molecule has 3 aromatic carbocycles. The molecule has 6 rings (SSSR count). The van der Waals surface area contributed by atoms with E-state index in [1.54, 1.807) is 7.11 Å².